The Labute approximate surface area is 213 Å². The number of pyridine rings is 3. The maximum absolute atomic E-state index is 15.4. The number of hydrogen-bond donors (Lipinski definition) is 1. The van der Waals surface area contributed by atoms with Crippen LogP contribution in [0.4, 0.5) is 9.52 Å². The largest absolute Gasteiger partial charge is 0.494 e. The number of ether oxygens (including phenoxy) is 1. The van der Waals surface area contributed by atoms with Gasteiger partial charge in [0.1, 0.15) is 27.8 Å². The molecular weight excluding hydrogens is 507 g/mol. The van der Waals surface area contributed by atoms with E-state index in [2.05, 4.69) is 35.6 Å². The van der Waals surface area contributed by atoms with Crippen molar-refractivity contribution in [2.45, 2.75) is 13.8 Å². The molecule has 1 N–H and O–H groups in total. The highest BCUT2D eigenvalue weighted by Gasteiger charge is 2.22. The lowest BCUT2D eigenvalue weighted by atomic mass is 10.0. The van der Waals surface area contributed by atoms with Gasteiger partial charge in [-0.1, -0.05) is 28.2 Å². The minimum Gasteiger partial charge on any atom is -0.494 e. The van der Waals surface area contributed by atoms with E-state index in [1.165, 1.54) is 30.4 Å². The number of hydrogen-bond acceptors (Lipinski definition) is 9. The van der Waals surface area contributed by atoms with Crippen LogP contribution in [0.15, 0.2) is 30.7 Å². The number of anilines is 1. The molecule has 36 heavy (non-hydrogen) atoms. The molecule has 5 heterocycles. The van der Waals surface area contributed by atoms with Gasteiger partial charge in [0.25, 0.3) is 5.91 Å². The van der Waals surface area contributed by atoms with Crippen molar-refractivity contribution in [3.63, 3.8) is 0 Å². The average Bonchev–Trinajstić information content (AvgIpc) is 3.42. The second kappa shape index (κ2) is 9.21. The molecule has 5 rings (SSSR count). The van der Waals surface area contributed by atoms with E-state index in [4.69, 9.17) is 16.3 Å². The van der Waals surface area contributed by atoms with Crippen LogP contribution >= 0.6 is 22.9 Å². The molecule has 0 saturated heterocycles. The van der Waals surface area contributed by atoms with Gasteiger partial charge in [-0.25, -0.2) is 24.0 Å². The number of methoxy groups -OCH3 is 1. The summed E-state index contributed by atoms with van der Waals surface area (Å²) in [5.74, 6) is -0.598. The molecule has 0 aliphatic carbocycles. The molecule has 0 aliphatic rings. The monoisotopic (exact) mass is 524 g/mol. The molecule has 0 radical (unpaired) electrons. The summed E-state index contributed by atoms with van der Waals surface area (Å²) >= 11 is 7.11. The van der Waals surface area contributed by atoms with Crippen molar-refractivity contribution in [2.75, 3.05) is 12.4 Å². The van der Waals surface area contributed by atoms with Crippen LogP contribution in [-0.4, -0.2) is 47.9 Å². The highest BCUT2D eigenvalue weighted by Crippen LogP contribution is 2.36. The zero-order valence-electron chi connectivity index (χ0n) is 19.5. The molecule has 0 aliphatic heterocycles. The quantitative estimate of drug-likeness (QED) is 0.331. The van der Waals surface area contributed by atoms with Crippen molar-refractivity contribution in [1.29, 1.82) is 0 Å². The number of nitrogens with zero attached hydrogens (tertiary/aromatic N) is 7. The lowest BCUT2D eigenvalue weighted by molar-refractivity contribution is 0.102. The summed E-state index contributed by atoms with van der Waals surface area (Å²) < 4.78 is 22.5. The topological polar surface area (TPSA) is 121 Å². The van der Waals surface area contributed by atoms with Crippen molar-refractivity contribution in [2.24, 2.45) is 7.05 Å². The Bertz CT molecular complexity index is 1630. The van der Waals surface area contributed by atoms with Crippen LogP contribution in [0.5, 0.6) is 5.75 Å². The third-order valence-electron chi connectivity index (χ3n) is 5.45. The van der Waals surface area contributed by atoms with E-state index in [1.807, 2.05) is 0 Å². The summed E-state index contributed by atoms with van der Waals surface area (Å²) in [5, 5.41) is 11.1. The van der Waals surface area contributed by atoms with E-state index in [9.17, 15) is 4.79 Å². The third kappa shape index (κ3) is 4.14. The van der Waals surface area contributed by atoms with E-state index in [1.54, 1.807) is 33.0 Å². The Balaban J connectivity index is 1.53. The standard InChI is InChI=1S/C23H18ClFN8O2S/c1-10-5-12(13-6-17(24)27-9-16(13)35-4)14(7-26-10)22(34)30-23-29-15-8-28-19(18(25)21(15)36-23)20-11(2)31-32-33(20)3/h5-9H,1-4H3,(H,29,30,34). The van der Waals surface area contributed by atoms with Crippen molar-refractivity contribution >= 4 is 44.2 Å². The van der Waals surface area contributed by atoms with Gasteiger partial charge in [-0.05, 0) is 26.0 Å². The lowest BCUT2D eigenvalue weighted by Gasteiger charge is -2.13. The number of halogens is 2. The van der Waals surface area contributed by atoms with Gasteiger partial charge >= 0.3 is 0 Å². The van der Waals surface area contributed by atoms with E-state index >= 15 is 4.39 Å². The molecule has 0 fully saturated rings. The molecule has 10 nitrogen and oxygen atoms in total. The smallest absolute Gasteiger partial charge is 0.259 e. The number of nitrogens with one attached hydrogen (secondary N) is 1. The highest BCUT2D eigenvalue weighted by atomic mass is 35.5. The summed E-state index contributed by atoms with van der Waals surface area (Å²) in [6.07, 6.45) is 4.39. The molecule has 182 valence electrons. The Morgan fingerprint density at radius 3 is 2.67 bits per heavy atom. The number of amides is 1. The van der Waals surface area contributed by atoms with Gasteiger partial charge in [0.15, 0.2) is 10.9 Å². The van der Waals surface area contributed by atoms with Crippen molar-refractivity contribution in [1.82, 2.24) is 34.9 Å². The minimum atomic E-state index is -0.562. The molecule has 0 atom stereocenters. The number of carbonyl (C=O) groups excluding carboxylic acids is 1. The fraction of sp³-hybridized carbons (Fsp3) is 0.174. The van der Waals surface area contributed by atoms with Crippen molar-refractivity contribution in [3.8, 4) is 28.3 Å². The summed E-state index contributed by atoms with van der Waals surface area (Å²) in [6.45, 7) is 3.53. The Kier molecular flexibility index (Phi) is 6.06. The Hall–Kier alpha value is -4.03. The first-order valence-electron chi connectivity index (χ1n) is 10.6. The van der Waals surface area contributed by atoms with Gasteiger partial charge in [-0.15, -0.1) is 5.10 Å². The molecule has 0 aromatic carbocycles. The van der Waals surface area contributed by atoms with Crippen LogP contribution in [0.2, 0.25) is 5.15 Å². The first-order valence-corrected chi connectivity index (χ1v) is 11.8. The molecule has 13 heteroatoms. The van der Waals surface area contributed by atoms with Crippen LogP contribution in [0.1, 0.15) is 21.7 Å². The molecular formula is C23H18ClFN8O2S. The molecule has 1 amide bonds. The van der Waals surface area contributed by atoms with Gasteiger partial charge in [-0.2, -0.15) is 0 Å². The second-order valence-corrected chi connectivity index (χ2v) is 9.22. The molecule has 0 bridgehead atoms. The van der Waals surface area contributed by atoms with Gasteiger partial charge in [0.05, 0.1) is 35.5 Å². The molecule has 0 spiro atoms. The van der Waals surface area contributed by atoms with Crippen molar-refractivity contribution < 1.29 is 13.9 Å². The second-order valence-electron chi connectivity index (χ2n) is 7.83. The summed E-state index contributed by atoms with van der Waals surface area (Å²) in [6, 6.07) is 3.36. The minimum absolute atomic E-state index is 0.112. The van der Waals surface area contributed by atoms with Crippen molar-refractivity contribution in [3.05, 3.63) is 58.6 Å². The van der Waals surface area contributed by atoms with Gasteiger partial charge in [-0.3, -0.25) is 15.1 Å². The number of carbonyl (C=O) groups is 1. The van der Waals surface area contributed by atoms with Crippen LogP contribution in [0.25, 0.3) is 32.7 Å². The van der Waals surface area contributed by atoms with E-state index < -0.39 is 11.7 Å². The summed E-state index contributed by atoms with van der Waals surface area (Å²) in [4.78, 5) is 30.2. The molecule has 0 saturated carbocycles. The summed E-state index contributed by atoms with van der Waals surface area (Å²) in [5.41, 5.74) is 3.53. The first kappa shape index (κ1) is 23.7. The number of rotatable bonds is 5. The molecule has 5 aromatic rings. The fourth-order valence-electron chi connectivity index (χ4n) is 3.79. The van der Waals surface area contributed by atoms with Crippen LogP contribution in [0.3, 0.4) is 0 Å². The predicted molar refractivity (Wildman–Crippen MR) is 134 cm³/mol. The zero-order valence-corrected chi connectivity index (χ0v) is 21.1. The predicted octanol–water partition coefficient (Wildman–Crippen LogP) is 4.61. The maximum Gasteiger partial charge on any atom is 0.259 e. The van der Waals surface area contributed by atoms with Crippen LogP contribution in [0, 0.1) is 19.7 Å². The van der Waals surface area contributed by atoms with E-state index in [-0.39, 0.29) is 26.2 Å². The summed E-state index contributed by atoms with van der Waals surface area (Å²) in [7, 11) is 3.17. The fourth-order valence-corrected chi connectivity index (χ4v) is 4.82. The number of aryl methyl sites for hydroxylation is 3. The van der Waals surface area contributed by atoms with E-state index in [0.717, 1.165) is 11.3 Å². The van der Waals surface area contributed by atoms with E-state index in [0.29, 0.717) is 39.5 Å². The Morgan fingerprint density at radius 1 is 1.14 bits per heavy atom. The van der Waals surface area contributed by atoms with Crippen LogP contribution < -0.4 is 10.1 Å². The molecule has 0 unspecified atom stereocenters. The normalized spacial score (nSPS) is 11.2. The van der Waals surface area contributed by atoms with Gasteiger partial charge in [0, 0.05) is 30.1 Å². The highest BCUT2D eigenvalue weighted by molar-refractivity contribution is 7.22. The number of fused-ring (bicyclic) bond motifs is 1. The molecule has 5 aromatic heterocycles. The van der Waals surface area contributed by atoms with Gasteiger partial charge in [0.2, 0.25) is 0 Å². The van der Waals surface area contributed by atoms with Gasteiger partial charge < -0.3 is 4.74 Å². The van der Waals surface area contributed by atoms with Crippen LogP contribution in [-0.2, 0) is 7.05 Å². The third-order valence-corrected chi connectivity index (χ3v) is 6.63. The maximum atomic E-state index is 15.4. The zero-order chi connectivity index (χ0) is 25.6. The lowest BCUT2D eigenvalue weighted by Crippen LogP contribution is -2.14. The Morgan fingerprint density at radius 2 is 1.94 bits per heavy atom. The first-order chi connectivity index (χ1) is 17.3. The average molecular weight is 525 g/mol. The number of thiazole rings is 1. The SMILES string of the molecule is COc1cnc(Cl)cc1-c1cc(C)ncc1C(=O)Nc1nc2cnc(-c3c(C)nnn3C)c(F)c2s1. The number of aromatic nitrogens is 7.